The van der Waals surface area contributed by atoms with E-state index in [0.29, 0.717) is 5.33 Å². The molecule has 3 heteroatoms. The van der Waals surface area contributed by atoms with Crippen molar-refractivity contribution in [1.82, 2.24) is 0 Å². The second-order valence-electron chi connectivity index (χ2n) is 4.48. The molecule has 1 aliphatic carbocycles. The van der Waals surface area contributed by atoms with Crippen LogP contribution in [0.15, 0.2) is 28.7 Å². The second-order valence-corrected chi connectivity index (χ2v) is 5.04. The zero-order valence-corrected chi connectivity index (χ0v) is 11.0. The molecule has 0 amide bonds. The molecule has 88 valence electrons. The van der Waals surface area contributed by atoms with Crippen LogP contribution in [0, 0.1) is 0 Å². The Morgan fingerprint density at radius 3 is 3.06 bits per heavy atom. The van der Waals surface area contributed by atoms with Gasteiger partial charge in [0, 0.05) is 23.3 Å². The highest BCUT2D eigenvalue weighted by atomic mass is 79.9. The summed E-state index contributed by atoms with van der Waals surface area (Å²) in [5, 5.41) is 1.54. The van der Waals surface area contributed by atoms with Crippen molar-refractivity contribution < 1.29 is 9.21 Å². The number of aryl methyl sites for hydroxylation is 1. The van der Waals surface area contributed by atoms with Crippen LogP contribution < -0.4 is 0 Å². The topological polar surface area (TPSA) is 30.2 Å². The summed E-state index contributed by atoms with van der Waals surface area (Å²) in [6, 6.07) is 8.00. The maximum atomic E-state index is 12.0. The van der Waals surface area contributed by atoms with Gasteiger partial charge in [-0.2, -0.15) is 0 Å². The van der Waals surface area contributed by atoms with E-state index in [9.17, 15) is 4.79 Å². The number of alkyl halides is 1. The van der Waals surface area contributed by atoms with Gasteiger partial charge in [-0.05, 0) is 18.9 Å². The minimum Gasteiger partial charge on any atom is -0.461 e. The fourth-order valence-corrected chi connectivity index (χ4v) is 3.10. The highest BCUT2D eigenvalue weighted by molar-refractivity contribution is 9.09. The molecular formula is C14H13BrO2. The van der Waals surface area contributed by atoms with E-state index in [-0.39, 0.29) is 11.7 Å². The van der Waals surface area contributed by atoms with Crippen molar-refractivity contribution in [2.24, 2.45) is 0 Å². The van der Waals surface area contributed by atoms with Gasteiger partial charge in [0.05, 0.1) is 5.33 Å². The van der Waals surface area contributed by atoms with Gasteiger partial charge in [0.15, 0.2) is 5.78 Å². The van der Waals surface area contributed by atoms with Crippen LogP contribution >= 0.6 is 15.9 Å². The average molecular weight is 293 g/mol. The number of carbonyl (C=O) groups excluding carboxylic acids is 1. The Morgan fingerprint density at radius 1 is 1.41 bits per heavy atom. The molecule has 0 fully saturated rings. The zero-order chi connectivity index (χ0) is 11.8. The number of para-hydroxylation sites is 1. The molecular weight excluding hydrogens is 280 g/mol. The average Bonchev–Trinajstić information content (AvgIpc) is 2.76. The third-order valence-corrected chi connectivity index (χ3v) is 4.03. The van der Waals surface area contributed by atoms with E-state index < -0.39 is 0 Å². The molecule has 0 saturated heterocycles. The molecule has 1 aromatic carbocycles. The Hall–Kier alpha value is -1.09. The summed E-state index contributed by atoms with van der Waals surface area (Å²) < 4.78 is 5.85. The second kappa shape index (κ2) is 4.30. The van der Waals surface area contributed by atoms with E-state index in [2.05, 4.69) is 22.0 Å². The van der Waals surface area contributed by atoms with Crippen LogP contribution in [-0.2, 0) is 11.2 Å². The Kier molecular flexibility index (Phi) is 2.79. The van der Waals surface area contributed by atoms with Crippen molar-refractivity contribution in [3.8, 4) is 0 Å². The summed E-state index contributed by atoms with van der Waals surface area (Å²) in [5.41, 5.74) is 2.04. The van der Waals surface area contributed by atoms with Gasteiger partial charge < -0.3 is 4.42 Å². The lowest BCUT2D eigenvalue weighted by Gasteiger charge is -2.19. The van der Waals surface area contributed by atoms with E-state index in [1.165, 1.54) is 0 Å². The van der Waals surface area contributed by atoms with Gasteiger partial charge in [-0.15, -0.1) is 0 Å². The Morgan fingerprint density at radius 2 is 2.24 bits per heavy atom. The molecule has 0 N–H and O–H groups in total. The lowest BCUT2D eigenvalue weighted by Crippen LogP contribution is -2.18. The van der Waals surface area contributed by atoms with Crippen LogP contribution in [0.25, 0.3) is 11.0 Å². The van der Waals surface area contributed by atoms with Gasteiger partial charge in [-0.3, -0.25) is 4.79 Å². The van der Waals surface area contributed by atoms with Gasteiger partial charge in [0.1, 0.15) is 11.3 Å². The molecule has 2 nitrogen and oxygen atoms in total. The van der Waals surface area contributed by atoms with Gasteiger partial charge >= 0.3 is 0 Å². The first-order valence-corrected chi connectivity index (χ1v) is 7.02. The van der Waals surface area contributed by atoms with Crippen LogP contribution in [-0.4, -0.2) is 11.1 Å². The van der Waals surface area contributed by atoms with E-state index in [1.807, 2.05) is 18.2 Å². The number of ketones is 1. The standard InChI is InChI=1S/C14H13BrO2/c15-8-11(16)9-5-3-7-13-14(9)10-4-1-2-6-12(10)17-13/h1-2,4,6,9H,3,5,7-8H2. The van der Waals surface area contributed by atoms with Crippen LogP contribution in [0.3, 0.4) is 0 Å². The van der Waals surface area contributed by atoms with E-state index in [4.69, 9.17) is 4.42 Å². The Balaban J connectivity index is 2.20. The molecule has 1 unspecified atom stereocenters. The van der Waals surface area contributed by atoms with Crippen LogP contribution in [0.5, 0.6) is 0 Å². The summed E-state index contributed by atoms with van der Waals surface area (Å²) in [5.74, 6) is 1.29. The predicted octanol–water partition coefficient (Wildman–Crippen LogP) is 3.82. The first-order valence-electron chi connectivity index (χ1n) is 5.90. The molecule has 0 bridgehead atoms. The third-order valence-electron chi connectivity index (χ3n) is 3.48. The minimum atomic E-state index is 0.0155. The van der Waals surface area contributed by atoms with Gasteiger partial charge in [-0.25, -0.2) is 0 Å². The number of rotatable bonds is 2. The molecule has 0 radical (unpaired) electrons. The summed E-state index contributed by atoms with van der Waals surface area (Å²) in [6.07, 6.45) is 2.94. The van der Waals surface area contributed by atoms with Crippen molar-refractivity contribution in [3.05, 3.63) is 35.6 Å². The fourth-order valence-electron chi connectivity index (χ4n) is 2.71. The number of fused-ring (bicyclic) bond motifs is 3. The van der Waals surface area contributed by atoms with Crippen LogP contribution in [0.2, 0.25) is 0 Å². The molecule has 17 heavy (non-hydrogen) atoms. The van der Waals surface area contributed by atoms with Crippen molar-refractivity contribution in [1.29, 1.82) is 0 Å². The molecule has 1 heterocycles. The lowest BCUT2D eigenvalue weighted by molar-refractivity contribution is -0.118. The number of carbonyl (C=O) groups is 1. The van der Waals surface area contributed by atoms with Gasteiger partial charge in [-0.1, -0.05) is 34.1 Å². The number of benzene rings is 1. The zero-order valence-electron chi connectivity index (χ0n) is 9.41. The highest BCUT2D eigenvalue weighted by Crippen LogP contribution is 2.39. The number of hydrogen-bond acceptors (Lipinski definition) is 2. The molecule has 1 aliphatic rings. The van der Waals surface area contributed by atoms with Gasteiger partial charge in [0.25, 0.3) is 0 Å². The predicted molar refractivity (Wildman–Crippen MR) is 70.7 cm³/mol. The van der Waals surface area contributed by atoms with E-state index in [0.717, 1.165) is 41.6 Å². The van der Waals surface area contributed by atoms with Crippen molar-refractivity contribution >= 4 is 32.7 Å². The first kappa shape index (κ1) is 11.0. The normalized spacial score (nSPS) is 19.2. The van der Waals surface area contributed by atoms with Crippen molar-refractivity contribution in [2.75, 3.05) is 5.33 Å². The fraction of sp³-hybridized carbons (Fsp3) is 0.357. The monoisotopic (exact) mass is 292 g/mol. The maximum Gasteiger partial charge on any atom is 0.150 e. The first-order chi connectivity index (χ1) is 8.31. The summed E-state index contributed by atoms with van der Waals surface area (Å²) >= 11 is 3.27. The van der Waals surface area contributed by atoms with Gasteiger partial charge in [0.2, 0.25) is 0 Å². The number of hydrogen-bond donors (Lipinski definition) is 0. The molecule has 1 aromatic heterocycles. The lowest BCUT2D eigenvalue weighted by atomic mass is 9.83. The van der Waals surface area contributed by atoms with Crippen LogP contribution in [0.4, 0.5) is 0 Å². The molecule has 2 aromatic rings. The van der Waals surface area contributed by atoms with Crippen molar-refractivity contribution in [3.63, 3.8) is 0 Å². The smallest absolute Gasteiger partial charge is 0.150 e. The number of halogens is 1. The van der Waals surface area contributed by atoms with E-state index >= 15 is 0 Å². The largest absolute Gasteiger partial charge is 0.461 e. The maximum absolute atomic E-state index is 12.0. The SMILES string of the molecule is O=C(CBr)C1CCCc2oc3ccccc3c21. The summed E-state index contributed by atoms with van der Waals surface area (Å²) in [4.78, 5) is 12.0. The molecule has 0 spiro atoms. The van der Waals surface area contributed by atoms with Crippen LogP contribution in [0.1, 0.15) is 30.1 Å². The summed E-state index contributed by atoms with van der Waals surface area (Å²) in [6.45, 7) is 0. The van der Waals surface area contributed by atoms with E-state index in [1.54, 1.807) is 0 Å². The molecule has 0 aliphatic heterocycles. The molecule has 3 rings (SSSR count). The number of furan rings is 1. The molecule has 0 saturated carbocycles. The summed E-state index contributed by atoms with van der Waals surface area (Å²) in [7, 11) is 0. The Bertz CT molecular complexity index is 571. The Labute approximate surface area is 108 Å². The third kappa shape index (κ3) is 1.73. The van der Waals surface area contributed by atoms with Crippen molar-refractivity contribution in [2.45, 2.75) is 25.2 Å². The number of Topliss-reactive ketones (excluding diaryl/α,β-unsaturated/α-hetero) is 1. The molecule has 1 atom stereocenters. The highest BCUT2D eigenvalue weighted by Gasteiger charge is 2.30. The quantitative estimate of drug-likeness (QED) is 0.788. The minimum absolute atomic E-state index is 0.0155.